The van der Waals surface area contributed by atoms with Crippen molar-refractivity contribution in [1.29, 1.82) is 0 Å². The number of carbonyl (C=O) groups excluding carboxylic acids is 2. The summed E-state index contributed by atoms with van der Waals surface area (Å²) in [6, 6.07) is 0. The van der Waals surface area contributed by atoms with Gasteiger partial charge in [0.2, 0.25) is 0 Å². The van der Waals surface area contributed by atoms with E-state index in [1.54, 1.807) is 20.8 Å². The van der Waals surface area contributed by atoms with Gasteiger partial charge in [0, 0.05) is 11.1 Å². The SMILES string of the molecule is CCOC(=O)C(=O)NC(C)(C)c1nc(C)cs1. The van der Waals surface area contributed by atoms with Crippen molar-refractivity contribution in [3.8, 4) is 0 Å². The lowest BCUT2D eigenvalue weighted by atomic mass is 10.1. The van der Waals surface area contributed by atoms with Gasteiger partial charge in [0.15, 0.2) is 0 Å². The molecule has 1 N–H and O–H groups in total. The van der Waals surface area contributed by atoms with Crippen LogP contribution >= 0.6 is 11.3 Å². The Morgan fingerprint density at radius 3 is 2.65 bits per heavy atom. The molecule has 0 aliphatic carbocycles. The molecule has 0 aliphatic rings. The number of esters is 1. The molecule has 0 spiro atoms. The molecule has 0 bridgehead atoms. The van der Waals surface area contributed by atoms with Crippen LogP contribution in [-0.2, 0) is 19.9 Å². The summed E-state index contributed by atoms with van der Waals surface area (Å²) in [5, 5.41) is 5.26. The minimum absolute atomic E-state index is 0.184. The van der Waals surface area contributed by atoms with Crippen LogP contribution < -0.4 is 5.32 Å². The number of amides is 1. The lowest BCUT2D eigenvalue weighted by molar-refractivity contribution is -0.155. The van der Waals surface area contributed by atoms with Crippen molar-refractivity contribution < 1.29 is 14.3 Å². The summed E-state index contributed by atoms with van der Waals surface area (Å²) >= 11 is 1.45. The quantitative estimate of drug-likeness (QED) is 0.655. The molecule has 5 nitrogen and oxygen atoms in total. The monoisotopic (exact) mass is 256 g/mol. The fourth-order valence-corrected chi connectivity index (χ4v) is 2.10. The zero-order chi connectivity index (χ0) is 13.1. The van der Waals surface area contributed by atoms with Crippen LogP contribution in [0.4, 0.5) is 0 Å². The van der Waals surface area contributed by atoms with Crippen LogP contribution in [0.1, 0.15) is 31.5 Å². The molecule has 1 amide bonds. The van der Waals surface area contributed by atoms with E-state index in [1.165, 1.54) is 11.3 Å². The van der Waals surface area contributed by atoms with E-state index in [-0.39, 0.29) is 6.61 Å². The molecule has 0 aromatic carbocycles. The normalized spacial score (nSPS) is 11.1. The number of hydrogen-bond donors (Lipinski definition) is 1. The van der Waals surface area contributed by atoms with Gasteiger partial charge in [-0.15, -0.1) is 11.3 Å². The fraction of sp³-hybridized carbons (Fsp3) is 0.545. The van der Waals surface area contributed by atoms with Crippen molar-refractivity contribution >= 4 is 23.2 Å². The molecule has 0 unspecified atom stereocenters. The van der Waals surface area contributed by atoms with E-state index in [0.29, 0.717) is 0 Å². The van der Waals surface area contributed by atoms with E-state index >= 15 is 0 Å². The van der Waals surface area contributed by atoms with Crippen LogP contribution in [0.15, 0.2) is 5.38 Å². The number of carbonyl (C=O) groups is 2. The molecule has 0 atom stereocenters. The molecular weight excluding hydrogens is 240 g/mol. The first-order valence-corrected chi connectivity index (χ1v) is 6.16. The summed E-state index contributed by atoms with van der Waals surface area (Å²) < 4.78 is 4.62. The molecule has 17 heavy (non-hydrogen) atoms. The Morgan fingerprint density at radius 1 is 1.53 bits per heavy atom. The maximum Gasteiger partial charge on any atom is 0.396 e. The number of nitrogens with zero attached hydrogens (tertiary/aromatic N) is 1. The lowest BCUT2D eigenvalue weighted by Crippen LogP contribution is -2.44. The van der Waals surface area contributed by atoms with Crippen molar-refractivity contribution in [3.63, 3.8) is 0 Å². The lowest BCUT2D eigenvalue weighted by Gasteiger charge is -2.22. The van der Waals surface area contributed by atoms with E-state index in [0.717, 1.165) is 10.7 Å². The summed E-state index contributed by atoms with van der Waals surface area (Å²) in [5.41, 5.74) is 0.214. The Balaban J connectivity index is 2.73. The molecule has 0 aliphatic heterocycles. The Morgan fingerprint density at radius 2 is 2.18 bits per heavy atom. The number of aryl methyl sites for hydroxylation is 1. The zero-order valence-corrected chi connectivity index (χ0v) is 11.2. The third kappa shape index (κ3) is 3.52. The Kier molecular flexibility index (Phi) is 4.22. The first-order valence-electron chi connectivity index (χ1n) is 5.28. The van der Waals surface area contributed by atoms with Crippen LogP contribution in [-0.4, -0.2) is 23.5 Å². The van der Waals surface area contributed by atoms with Crippen molar-refractivity contribution in [2.45, 2.75) is 33.2 Å². The number of rotatable bonds is 3. The second-order valence-electron chi connectivity index (χ2n) is 4.09. The number of ether oxygens (including phenoxy) is 1. The van der Waals surface area contributed by atoms with E-state index in [2.05, 4.69) is 15.0 Å². The highest BCUT2D eigenvalue weighted by atomic mass is 32.1. The Bertz CT molecular complexity index is 426. The van der Waals surface area contributed by atoms with Crippen molar-refractivity contribution in [3.05, 3.63) is 16.1 Å². The van der Waals surface area contributed by atoms with Gasteiger partial charge in [0.1, 0.15) is 5.01 Å². The standard InChI is InChI=1S/C11H16N2O3S/c1-5-16-9(15)8(14)13-11(3,4)10-12-7(2)6-17-10/h6H,5H2,1-4H3,(H,13,14). The zero-order valence-electron chi connectivity index (χ0n) is 10.4. The van der Waals surface area contributed by atoms with E-state index in [9.17, 15) is 9.59 Å². The van der Waals surface area contributed by atoms with Crippen molar-refractivity contribution in [2.75, 3.05) is 6.61 Å². The van der Waals surface area contributed by atoms with Crippen molar-refractivity contribution in [2.24, 2.45) is 0 Å². The number of thiazole rings is 1. The van der Waals surface area contributed by atoms with Crippen LogP contribution in [0.5, 0.6) is 0 Å². The molecule has 0 saturated heterocycles. The fourth-order valence-electron chi connectivity index (χ4n) is 1.23. The first kappa shape index (κ1) is 13.6. The molecule has 94 valence electrons. The smallest absolute Gasteiger partial charge is 0.396 e. The van der Waals surface area contributed by atoms with Gasteiger partial charge in [-0.05, 0) is 27.7 Å². The Hall–Kier alpha value is -1.43. The Labute approximate surface area is 104 Å². The molecule has 1 rings (SSSR count). The van der Waals surface area contributed by atoms with Crippen LogP contribution in [0, 0.1) is 6.92 Å². The van der Waals surface area contributed by atoms with Crippen LogP contribution in [0.3, 0.4) is 0 Å². The van der Waals surface area contributed by atoms with Gasteiger partial charge in [0.25, 0.3) is 0 Å². The summed E-state index contributed by atoms with van der Waals surface area (Å²) in [6.07, 6.45) is 0. The van der Waals surface area contributed by atoms with Crippen LogP contribution in [0.25, 0.3) is 0 Å². The average Bonchev–Trinajstić information content (AvgIpc) is 2.65. The van der Waals surface area contributed by atoms with Gasteiger partial charge in [0.05, 0.1) is 12.1 Å². The summed E-state index contributed by atoms with van der Waals surface area (Å²) in [4.78, 5) is 27.0. The summed E-state index contributed by atoms with van der Waals surface area (Å²) in [5.74, 6) is -1.61. The minimum atomic E-state index is -0.867. The predicted octanol–water partition coefficient (Wildman–Crippen LogP) is 1.37. The number of hydrogen-bond acceptors (Lipinski definition) is 5. The van der Waals surface area contributed by atoms with Gasteiger partial charge in [-0.2, -0.15) is 0 Å². The average molecular weight is 256 g/mol. The molecule has 1 aromatic rings. The van der Waals surface area contributed by atoms with Gasteiger partial charge < -0.3 is 10.1 Å². The summed E-state index contributed by atoms with van der Waals surface area (Å²) in [6.45, 7) is 7.30. The van der Waals surface area contributed by atoms with E-state index in [4.69, 9.17) is 0 Å². The third-order valence-electron chi connectivity index (χ3n) is 2.04. The topological polar surface area (TPSA) is 68.3 Å². The van der Waals surface area contributed by atoms with Gasteiger partial charge in [-0.3, -0.25) is 4.79 Å². The van der Waals surface area contributed by atoms with Crippen LogP contribution in [0.2, 0.25) is 0 Å². The van der Waals surface area contributed by atoms with Gasteiger partial charge in [-0.25, -0.2) is 9.78 Å². The van der Waals surface area contributed by atoms with E-state index in [1.807, 2.05) is 12.3 Å². The molecule has 6 heteroatoms. The highest BCUT2D eigenvalue weighted by Gasteiger charge is 2.29. The largest absolute Gasteiger partial charge is 0.459 e. The second kappa shape index (κ2) is 5.27. The molecular formula is C11H16N2O3S. The van der Waals surface area contributed by atoms with E-state index < -0.39 is 17.4 Å². The second-order valence-corrected chi connectivity index (χ2v) is 4.95. The molecule has 0 fully saturated rings. The highest BCUT2D eigenvalue weighted by Crippen LogP contribution is 2.23. The third-order valence-corrected chi connectivity index (χ3v) is 3.32. The van der Waals surface area contributed by atoms with Gasteiger partial charge in [-0.1, -0.05) is 0 Å². The number of nitrogens with one attached hydrogen (secondary N) is 1. The summed E-state index contributed by atoms with van der Waals surface area (Å²) in [7, 11) is 0. The maximum atomic E-state index is 11.5. The highest BCUT2D eigenvalue weighted by molar-refractivity contribution is 7.09. The molecule has 1 aromatic heterocycles. The minimum Gasteiger partial charge on any atom is -0.459 e. The van der Waals surface area contributed by atoms with Gasteiger partial charge >= 0.3 is 11.9 Å². The maximum absolute atomic E-state index is 11.5. The molecule has 0 saturated carbocycles. The molecule has 1 heterocycles. The number of aromatic nitrogens is 1. The van der Waals surface area contributed by atoms with Crippen molar-refractivity contribution in [1.82, 2.24) is 10.3 Å². The molecule has 0 radical (unpaired) electrons. The first-order chi connectivity index (χ1) is 7.86. The predicted molar refractivity (Wildman–Crippen MR) is 64.7 cm³/mol.